The number of carbonyl (C=O) groups excluding carboxylic acids is 3. The van der Waals surface area contributed by atoms with Gasteiger partial charge in [-0.3, -0.25) is 14.4 Å². The second-order valence-electron chi connectivity index (χ2n) is 6.65. The Morgan fingerprint density at radius 3 is 2.67 bits per heavy atom. The number of hydrogen-bond donors (Lipinski definition) is 1. The first-order valence-corrected chi connectivity index (χ1v) is 9.76. The zero-order valence-electron chi connectivity index (χ0n) is 15.5. The van der Waals surface area contributed by atoms with Crippen molar-refractivity contribution in [1.82, 2.24) is 10.2 Å². The van der Waals surface area contributed by atoms with Gasteiger partial charge in [0.1, 0.15) is 6.54 Å². The summed E-state index contributed by atoms with van der Waals surface area (Å²) in [6, 6.07) is 4.64. The van der Waals surface area contributed by atoms with Crippen LogP contribution in [-0.4, -0.2) is 41.9 Å². The number of rotatable bonds is 6. The van der Waals surface area contributed by atoms with Crippen LogP contribution in [-0.2, 0) is 19.1 Å². The minimum Gasteiger partial charge on any atom is -0.451 e. The second kappa shape index (κ2) is 9.95. The van der Waals surface area contributed by atoms with Crippen molar-refractivity contribution in [3.8, 4) is 0 Å². The Balaban J connectivity index is 1.86. The minimum absolute atomic E-state index is 0.0486. The fraction of sp³-hybridized carbons (Fsp3) is 0.526. The Labute approximate surface area is 169 Å². The molecular weight excluding hydrogens is 391 g/mol. The van der Waals surface area contributed by atoms with Gasteiger partial charge >= 0.3 is 5.97 Å². The number of halogens is 2. The van der Waals surface area contributed by atoms with Gasteiger partial charge in [-0.1, -0.05) is 35.7 Å². The van der Waals surface area contributed by atoms with Crippen LogP contribution in [0, 0.1) is 0 Å². The maximum Gasteiger partial charge on any atom is 0.326 e. The van der Waals surface area contributed by atoms with Gasteiger partial charge in [-0.05, 0) is 44.4 Å². The van der Waals surface area contributed by atoms with Crippen LogP contribution in [0.1, 0.15) is 51.1 Å². The van der Waals surface area contributed by atoms with Crippen LogP contribution in [0.2, 0.25) is 10.0 Å². The summed E-state index contributed by atoms with van der Waals surface area (Å²) in [6.07, 6.45) is 2.15. The molecule has 1 aromatic carbocycles. The van der Waals surface area contributed by atoms with E-state index in [-0.39, 0.29) is 18.5 Å². The van der Waals surface area contributed by atoms with Crippen molar-refractivity contribution < 1.29 is 19.1 Å². The lowest BCUT2D eigenvalue weighted by Crippen LogP contribution is -2.41. The molecule has 0 saturated carbocycles. The number of ether oxygens (including phenoxy) is 1. The van der Waals surface area contributed by atoms with Gasteiger partial charge in [0, 0.05) is 23.0 Å². The third-order valence-electron chi connectivity index (χ3n) is 4.46. The van der Waals surface area contributed by atoms with Crippen LogP contribution < -0.4 is 5.32 Å². The Hall–Kier alpha value is -1.79. The zero-order valence-corrected chi connectivity index (χ0v) is 17.0. The molecule has 0 aliphatic carbocycles. The van der Waals surface area contributed by atoms with Crippen molar-refractivity contribution in [2.45, 2.75) is 51.7 Å². The number of amides is 2. The van der Waals surface area contributed by atoms with E-state index in [0.29, 0.717) is 28.6 Å². The van der Waals surface area contributed by atoms with E-state index in [2.05, 4.69) is 5.32 Å². The molecule has 1 N–H and O–H groups in total. The normalized spacial score (nSPS) is 17.0. The highest BCUT2D eigenvalue weighted by Gasteiger charge is 2.24. The summed E-state index contributed by atoms with van der Waals surface area (Å²) in [7, 11) is 0. The molecule has 1 saturated heterocycles. The average Bonchev–Trinajstić information content (AvgIpc) is 2.79. The fourth-order valence-electron chi connectivity index (χ4n) is 2.91. The topological polar surface area (TPSA) is 75.7 Å². The smallest absolute Gasteiger partial charge is 0.326 e. The Kier molecular flexibility index (Phi) is 7.92. The Morgan fingerprint density at radius 1 is 1.22 bits per heavy atom. The first-order chi connectivity index (χ1) is 12.8. The van der Waals surface area contributed by atoms with Gasteiger partial charge in [0.15, 0.2) is 6.10 Å². The number of hydrogen-bond acceptors (Lipinski definition) is 4. The summed E-state index contributed by atoms with van der Waals surface area (Å²) in [4.78, 5) is 37.9. The number of likely N-dealkylation sites (tertiary alicyclic amines) is 1. The first kappa shape index (κ1) is 21.5. The van der Waals surface area contributed by atoms with Gasteiger partial charge in [0.25, 0.3) is 5.91 Å². The van der Waals surface area contributed by atoms with E-state index < -0.39 is 18.0 Å². The predicted molar refractivity (Wildman–Crippen MR) is 104 cm³/mol. The summed E-state index contributed by atoms with van der Waals surface area (Å²) >= 11 is 12.0. The molecule has 148 valence electrons. The van der Waals surface area contributed by atoms with Crippen molar-refractivity contribution >= 4 is 41.0 Å². The molecule has 1 aliphatic heterocycles. The third kappa shape index (κ3) is 6.40. The molecule has 6 nitrogen and oxygen atoms in total. The van der Waals surface area contributed by atoms with Crippen LogP contribution >= 0.6 is 23.2 Å². The van der Waals surface area contributed by atoms with Crippen molar-refractivity contribution in [2.24, 2.45) is 0 Å². The predicted octanol–water partition coefficient (Wildman–Crippen LogP) is 3.50. The average molecular weight is 415 g/mol. The summed E-state index contributed by atoms with van der Waals surface area (Å²) in [6.45, 7) is 3.68. The van der Waals surface area contributed by atoms with Gasteiger partial charge < -0.3 is 15.0 Å². The lowest BCUT2D eigenvalue weighted by atomic mass is 10.1. The third-order valence-corrected chi connectivity index (χ3v) is 5.02. The molecule has 1 aliphatic rings. The molecule has 2 amide bonds. The van der Waals surface area contributed by atoms with Crippen molar-refractivity contribution in [3.05, 3.63) is 33.8 Å². The summed E-state index contributed by atoms with van der Waals surface area (Å²) in [5, 5.41) is 3.71. The standard InChI is InChI=1S/C19H24Cl2N2O4/c1-12(15-8-7-14(20)10-16(15)21)22-19(26)13(2)27-18(25)11-23-9-5-3-4-6-17(23)24/h7-8,10,12-13H,3-6,9,11H2,1-2H3,(H,22,26)/t12-,13-/m1/s1. The van der Waals surface area contributed by atoms with Crippen LogP contribution in [0.25, 0.3) is 0 Å². The lowest BCUT2D eigenvalue weighted by Gasteiger charge is -2.22. The van der Waals surface area contributed by atoms with Gasteiger partial charge in [-0.2, -0.15) is 0 Å². The maximum absolute atomic E-state index is 12.3. The van der Waals surface area contributed by atoms with Crippen LogP contribution in [0.15, 0.2) is 18.2 Å². The lowest BCUT2D eigenvalue weighted by molar-refractivity contribution is -0.157. The Morgan fingerprint density at radius 2 is 1.96 bits per heavy atom. The maximum atomic E-state index is 12.3. The van der Waals surface area contributed by atoms with E-state index in [1.54, 1.807) is 25.1 Å². The van der Waals surface area contributed by atoms with Gasteiger partial charge in [0.2, 0.25) is 5.91 Å². The molecule has 0 bridgehead atoms. The second-order valence-corrected chi connectivity index (χ2v) is 7.50. The molecule has 0 radical (unpaired) electrons. The monoisotopic (exact) mass is 414 g/mol. The molecule has 0 aromatic heterocycles. The van der Waals surface area contributed by atoms with Crippen molar-refractivity contribution in [1.29, 1.82) is 0 Å². The largest absolute Gasteiger partial charge is 0.451 e. The highest BCUT2D eigenvalue weighted by Crippen LogP contribution is 2.26. The molecule has 1 fully saturated rings. The molecule has 8 heteroatoms. The van der Waals surface area contributed by atoms with E-state index >= 15 is 0 Å². The molecule has 2 rings (SSSR count). The SMILES string of the molecule is C[C@@H](OC(=O)CN1CCCCCC1=O)C(=O)N[C@H](C)c1ccc(Cl)cc1Cl. The van der Waals surface area contributed by atoms with Crippen molar-refractivity contribution in [3.63, 3.8) is 0 Å². The van der Waals surface area contributed by atoms with Gasteiger partial charge in [-0.15, -0.1) is 0 Å². The van der Waals surface area contributed by atoms with E-state index in [4.69, 9.17) is 27.9 Å². The summed E-state index contributed by atoms with van der Waals surface area (Å²) < 4.78 is 5.19. The van der Waals surface area contributed by atoms with Gasteiger partial charge in [0.05, 0.1) is 6.04 Å². The Bertz CT molecular complexity index is 711. The number of benzene rings is 1. The minimum atomic E-state index is -0.979. The molecule has 27 heavy (non-hydrogen) atoms. The number of nitrogens with one attached hydrogen (secondary N) is 1. The van der Waals surface area contributed by atoms with E-state index in [1.165, 1.54) is 11.8 Å². The summed E-state index contributed by atoms with van der Waals surface area (Å²) in [5.74, 6) is -1.08. The number of esters is 1. The van der Waals surface area contributed by atoms with Crippen LogP contribution in [0.4, 0.5) is 0 Å². The highest BCUT2D eigenvalue weighted by molar-refractivity contribution is 6.35. The molecule has 0 spiro atoms. The van der Waals surface area contributed by atoms with E-state index in [1.807, 2.05) is 0 Å². The molecule has 1 aromatic rings. The first-order valence-electron chi connectivity index (χ1n) is 9.00. The van der Waals surface area contributed by atoms with Crippen molar-refractivity contribution in [2.75, 3.05) is 13.1 Å². The zero-order chi connectivity index (χ0) is 20.0. The van der Waals surface area contributed by atoms with Crippen LogP contribution in [0.5, 0.6) is 0 Å². The van der Waals surface area contributed by atoms with E-state index in [0.717, 1.165) is 19.3 Å². The molecular formula is C19H24Cl2N2O4. The quantitative estimate of drug-likeness (QED) is 0.722. The molecule has 1 heterocycles. The number of carbonyl (C=O) groups is 3. The fourth-order valence-corrected chi connectivity index (χ4v) is 3.48. The molecule has 0 unspecified atom stereocenters. The van der Waals surface area contributed by atoms with E-state index in [9.17, 15) is 14.4 Å². The summed E-state index contributed by atoms with van der Waals surface area (Å²) in [5.41, 5.74) is 0.711. The molecule has 2 atom stereocenters. The van der Waals surface area contributed by atoms with Crippen LogP contribution in [0.3, 0.4) is 0 Å². The highest BCUT2D eigenvalue weighted by atomic mass is 35.5. The number of nitrogens with zero attached hydrogens (tertiary/aromatic N) is 1. The van der Waals surface area contributed by atoms with Gasteiger partial charge in [-0.25, -0.2) is 0 Å².